The number of pyridine rings is 1. The summed E-state index contributed by atoms with van der Waals surface area (Å²) in [5.41, 5.74) is 0.896. The van der Waals surface area contributed by atoms with Crippen molar-refractivity contribution in [3.8, 4) is 17.1 Å². The van der Waals surface area contributed by atoms with E-state index in [0.717, 1.165) is 18.0 Å². The molecule has 0 aliphatic carbocycles. The number of aromatic nitrogens is 1. The lowest BCUT2D eigenvalue weighted by Crippen LogP contribution is -2.61. The Morgan fingerprint density at radius 2 is 2.02 bits per heavy atom. The third-order valence-corrected chi connectivity index (χ3v) is 8.66. The van der Waals surface area contributed by atoms with E-state index in [9.17, 15) is 14.0 Å². The normalized spacial score (nSPS) is 21.2. The van der Waals surface area contributed by atoms with Crippen molar-refractivity contribution in [2.24, 2.45) is 0 Å². The Morgan fingerprint density at radius 3 is 2.80 bits per heavy atom. The van der Waals surface area contributed by atoms with Crippen molar-refractivity contribution in [2.75, 3.05) is 44.4 Å². The monoisotopic (exact) mass is 574 g/mol. The Balaban J connectivity index is 1.13. The highest BCUT2D eigenvalue weighted by Crippen LogP contribution is 2.34. The average Bonchev–Trinajstić information content (AvgIpc) is 3.52. The fraction of sp³-hybridized carbons (Fsp3) is 0.323. The van der Waals surface area contributed by atoms with E-state index in [4.69, 9.17) is 9.15 Å². The first-order chi connectivity index (χ1) is 20.0. The van der Waals surface area contributed by atoms with Crippen LogP contribution in [0.4, 0.5) is 4.39 Å². The van der Waals surface area contributed by atoms with Gasteiger partial charge in [0.05, 0.1) is 18.0 Å². The van der Waals surface area contributed by atoms with E-state index in [2.05, 4.69) is 20.5 Å². The van der Waals surface area contributed by atoms with Crippen molar-refractivity contribution < 1.29 is 18.3 Å². The lowest BCUT2D eigenvalue weighted by atomic mass is 9.84. The number of benzene rings is 2. The van der Waals surface area contributed by atoms with E-state index in [1.807, 2.05) is 12.1 Å². The number of para-hydroxylation sites is 1. The summed E-state index contributed by atoms with van der Waals surface area (Å²) in [4.78, 5) is 33.7. The number of halogens is 1. The summed E-state index contributed by atoms with van der Waals surface area (Å²) >= 11 is 1.72. The van der Waals surface area contributed by atoms with Crippen molar-refractivity contribution in [1.82, 2.24) is 20.5 Å². The number of thioether (sulfide) groups is 1. The molecule has 0 saturated carbocycles. The lowest BCUT2D eigenvalue weighted by molar-refractivity contribution is -0.128. The molecular formula is C31H31FN4O4S. The minimum Gasteiger partial charge on any atom is -0.486 e. The summed E-state index contributed by atoms with van der Waals surface area (Å²) in [6, 6.07) is 16.3. The van der Waals surface area contributed by atoms with E-state index in [1.54, 1.807) is 60.6 Å². The molecule has 2 aliphatic rings. The van der Waals surface area contributed by atoms with Crippen molar-refractivity contribution in [3.63, 3.8) is 0 Å². The summed E-state index contributed by atoms with van der Waals surface area (Å²) in [6.45, 7) is 3.10. The quantitative estimate of drug-likeness (QED) is 0.290. The Kier molecular flexibility index (Phi) is 8.16. The molecule has 41 heavy (non-hydrogen) atoms. The summed E-state index contributed by atoms with van der Waals surface area (Å²) in [7, 11) is 0. The number of rotatable bonds is 9. The lowest BCUT2D eigenvalue weighted by Gasteiger charge is -2.37. The summed E-state index contributed by atoms with van der Waals surface area (Å²) in [6.07, 6.45) is 4.15. The number of nitrogens with zero attached hydrogens (tertiary/aromatic N) is 2. The Labute approximate surface area is 241 Å². The summed E-state index contributed by atoms with van der Waals surface area (Å²) < 4.78 is 25.7. The van der Waals surface area contributed by atoms with Crippen LogP contribution in [-0.4, -0.2) is 66.1 Å². The Hall–Kier alpha value is -3.57. The second kappa shape index (κ2) is 12.1. The maximum Gasteiger partial charge on any atom is 0.235 e. The molecule has 2 aromatic carbocycles. The smallest absolute Gasteiger partial charge is 0.235 e. The number of hydrogen-bond donors (Lipinski definition) is 2. The number of fused-ring (bicyclic) bond motifs is 1. The topological polar surface area (TPSA) is 96.7 Å². The third-order valence-electron chi connectivity index (χ3n) is 7.67. The van der Waals surface area contributed by atoms with Gasteiger partial charge in [0.1, 0.15) is 16.9 Å². The predicted octanol–water partition coefficient (Wildman–Crippen LogP) is 3.80. The maximum absolute atomic E-state index is 13.8. The molecule has 4 aromatic rings. The molecule has 0 spiro atoms. The summed E-state index contributed by atoms with van der Waals surface area (Å²) in [5, 5.41) is 7.29. The molecule has 2 aromatic heterocycles. The zero-order chi connectivity index (χ0) is 28.2. The number of carbonyl (C=O) groups is 1. The van der Waals surface area contributed by atoms with Crippen molar-refractivity contribution in [1.29, 1.82) is 0 Å². The number of hydrogen-bond acceptors (Lipinski definition) is 9. The predicted molar refractivity (Wildman–Crippen MR) is 158 cm³/mol. The Morgan fingerprint density at radius 1 is 1.17 bits per heavy atom. The van der Waals surface area contributed by atoms with Gasteiger partial charge in [0, 0.05) is 55.8 Å². The highest BCUT2D eigenvalue weighted by molar-refractivity contribution is 7.99. The van der Waals surface area contributed by atoms with Gasteiger partial charge in [-0.25, -0.2) is 4.39 Å². The number of carbonyl (C=O) groups excluding carboxylic acids is 1. The number of Topliss-reactive ketones (excluding diaryl/α,β-unsaturated/α-hetero) is 1. The Bertz CT molecular complexity index is 1580. The zero-order valence-corrected chi connectivity index (χ0v) is 23.3. The van der Waals surface area contributed by atoms with Gasteiger partial charge >= 0.3 is 0 Å². The highest BCUT2D eigenvalue weighted by Gasteiger charge is 2.46. The molecule has 0 bridgehead atoms. The van der Waals surface area contributed by atoms with Crippen LogP contribution in [-0.2, 0) is 10.3 Å². The molecule has 1 unspecified atom stereocenters. The molecule has 2 N–H and O–H groups in total. The van der Waals surface area contributed by atoms with Crippen LogP contribution in [0.25, 0.3) is 22.3 Å². The molecule has 2 saturated heterocycles. The molecule has 2 aliphatic heterocycles. The molecule has 0 amide bonds. The van der Waals surface area contributed by atoms with Crippen molar-refractivity contribution in [3.05, 3.63) is 94.7 Å². The van der Waals surface area contributed by atoms with Crippen LogP contribution in [0.3, 0.4) is 0 Å². The van der Waals surface area contributed by atoms with E-state index < -0.39 is 5.54 Å². The van der Waals surface area contributed by atoms with Gasteiger partial charge < -0.3 is 14.5 Å². The molecule has 0 radical (unpaired) electrons. The standard InChI is InChI=1S/C31H31FN4O4S/c32-23-10-8-21(9-11-23)28-29(27(37)24-6-1-2-7-26(24)40-28)39-16-4-14-36-15-13-34-25(18-36)30(38)31(19-41-20-35-31)22-5-3-12-33-17-22/h1-3,5-12,17,25,34-35H,4,13-16,18-20H2/t25?,31-/m1/s1. The second-order valence-electron chi connectivity index (χ2n) is 10.3. The first-order valence-electron chi connectivity index (χ1n) is 13.7. The van der Waals surface area contributed by atoms with Gasteiger partial charge in [-0.3, -0.25) is 24.8 Å². The third kappa shape index (κ3) is 5.65. The minimum atomic E-state index is -0.746. The average molecular weight is 575 g/mol. The highest BCUT2D eigenvalue weighted by atomic mass is 32.2. The molecule has 2 fully saturated rings. The number of ketones is 1. The maximum atomic E-state index is 13.8. The van der Waals surface area contributed by atoms with Gasteiger partial charge in [-0.1, -0.05) is 18.2 Å². The van der Waals surface area contributed by atoms with Crippen LogP contribution in [0.5, 0.6) is 5.75 Å². The van der Waals surface area contributed by atoms with Gasteiger partial charge in [0.25, 0.3) is 0 Å². The first kappa shape index (κ1) is 27.6. The van der Waals surface area contributed by atoms with E-state index in [0.29, 0.717) is 48.3 Å². The summed E-state index contributed by atoms with van der Waals surface area (Å²) in [5.74, 6) is 1.55. The number of ether oxygens (including phenoxy) is 1. The SMILES string of the molecule is O=C(C1CN(CCCOc2c(-c3ccc(F)cc3)oc3ccccc3c2=O)CCN1)[C@]1(c2cccnc2)CSCN1. The van der Waals surface area contributed by atoms with Crippen LogP contribution in [0.1, 0.15) is 12.0 Å². The van der Waals surface area contributed by atoms with Gasteiger partial charge in [-0.2, -0.15) is 0 Å². The fourth-order valence-electron chi connectivity index (χ4n) is 5.53. The largest absolute Gasteiger partial charge is 0.486 e. The van der Waals surface area contributed by atoms with Gasteiger partial charge in [0.15, 0.2) is 11.5 Å². The molecule has 212 valence electrons. The second-order valence-corrected chi connectivity index (χ2v) is 11.3. The van der Waals surface area contributed by atoms with Crippen LogP contribution >= 0.6 is 11.8 Å². The molecule has 8 nitrogen and oxygen atoms in total. The van der Waals surface area contributed by atoms with Crippen LogP contribution in [0.2, 0.25) is 0 Å². The molecule has 6 rings (SSSR count). The molecule has 2 atom stereocenters. The first-order valence-corrected chi connectivity index (χ1v) is 14.9. The van der Waals surface area contributed by atoms with Crippen LogP contribution in [0.15, 0.2) is 82.3 Å². The van der Waals surface area contributed by atoms with Crippen LogP contribution in [0, 0.1) is 5.82 Å². The number of piperazine rings is 1. The van der Waals surface area contributed by atoms with E-state index >= 15 is 0 Å². The van der Waals surface area contributed by atoms with E-state index in [-0.39, 0.29) is 41.2 Å². The molecular weight excluding hydrogens is 543 g/mol. The van der Waals surface area contributed by atoms with Crippen molar-refractivity contribution in [2.45, 2.75) is 18.0 Å². The number of nitrogens with one attached hydrogen (secondary N) is 2. The molecule has 4 heterocycles. The van der Waals surface area contributed by atoms with Crippen LogP contribution < -0.4 is 20.8 Å². The molecule has 10 heteroatoms. The van der Waals surface area contributed by atoms with Gasteiger partial charge in [0.2, 0.25) is 11.2 Å². The van der Waals surface area contributed by atoms with Crippen molar-refractivity contribution >= 4 is 28.5 Å². The minimum absolute atomic E-state index is 0.117. The zero-order valence-electron chi connectivity index (χ0n) is 22.5. The van der Waals surface area contributed by atoms with Gasteiger partial charge in [-0.05, 0) is 54.4 Å². The fourth-order valence-corrected chi connectivity index (χ4v) is 6.69. The van der Waals surface area contributed by atoms with E-state index in [1.165, 1.54) is 12.1 Å². The van der Waals surface area contributed by atoms with Gasteiger partial charge in [-0.15, -0.1) is 11.8 Å².